The molecule has 4 rings (SSSR count). The number of aromatic nitrogens is 2. The van der Waals surface area contributed by atoms with Crippen LogP contribution in [0.1, 0.15) is 52.6 Å². The third-order valence-electron chi connectivity index (χ3n) is 6.34. The van der Waals surface area contributed by atoms with Crippen LogP contribution in [0.2, 0.25) is 0 Å². The first-order valence-electron chi connectivity index (χ1n) is 12.8. The van der Waals surface area contributed by atoms with E-state index in [1.165, 1.54) is 5.56 Å². The summed E-state index contributed by atoms with van der Waals surface area (Å²) in [5.74, 6) is 0.0931. The van der Waals surface area contributed by atoms with E-state index in [1.807, 2.05) is 55.5 Å². The van der Waals surface area contributed by atoms with Crippen molar-refractivity contribution in [3.05, 3.63) is 114 Å². The summed E-state index contributed by atoms with van der Waals surface area (Å²) in [6.45, 7) is 12.4. The molecule has 3 N–H and O–H groups in total. The number of amides is 2. The molecule has 0 unspecified atom stereocenters. The monoisotopic (exact) mass is 519 g/mol. The predicted octanol–water partition coefficient (Wildman–Crippen LogP) is 6.66. The number of rotatable bonds is 8. The summed E-state index contributed by atoms with van der Waals surface area (Å²) < 4.78 is 0. The molecule has 2 amide bonds. The lowest BCUT2D eigenvalue weighted by molar-refractivity contribution is 0.0957. The Hall–Kier alpha value is -4.78. The molecule has 39 heavy (non-hydrogen) atoms. The number of nitrogens with one attached hydrogen (secondary N) is 3. The second-order valence-corrected chi connectivity index (χ2v) is 10.2. The van der Waals surface area contributed by atoms with Crippen molar-refractivity contribution in [2.24, 2.45) is 0 Å². The molecule has 3 aromatic carbocycles. The Morgan fingerprint density at radius 2 is 1.56 bits per heavy atom. The molecule has 0 aliphatic carbocycles. The van der Waals surface area contributed by atoms with Gasteiger partial charge in [0.15, 0.2) is 0 Å². The number of carbonyl (C=O) groups is 2. The number of nitrogens with zero attached hydrogens (tertiary/aromatic N) is 2. The van der Waals surface area contributed by atoms with E-state index in [2.05, 4.69) is 53.3 Å². The van der Waals surface area contributed by atoms with Crippen molar-refractivity contribution in [1.29, 1.82) is 0 Å². The summed E-state index contributed by atoms with van der Waals surface area (Å²) >= 11 is 0. The number of hydrogen-bond donors (Lipinski definition) is 3. The zero-order valence-electron chi connectivity index (χ0n) is 22.7. The van der Waals surface area contributed by atoms with E-state index < -0.39 is 0 Å². The first kappa shape index (κ1) is 27.3. The van der Waals surface area contributed by atoms with Crippen molar-refractivity contribution in [2.75, 3.05) is 17.2 Å². The lowest BCUT2D eigenvalue weighted by Crippen LogP contribution is -2.22. The Balaban J connectivity index is 1.49. The van der Waals surface area contributed by atoms with Crippen LogP contribution >= 0.6 is 0 Å². The predicted molar refractivity (Wildman–Crippen MR) is 158 cm³/mol. The minimum absolute atomic E-state index is 0.0243. The van der Waals surface area contributed by atoms with Gasteiger partial charge in [0.1, 0.15) is 0 Å². The van der Waals surface area contributed by atoms with E-state index in [1.54, 1.807) is 36.5 Å². The Morgan fingerprint density at radius 1 is 0.897 bits per heavy atom. The van der Waals surface area contributed by atoms with Crippen molar-refractivity contribution in [2.45, 2.75) is 33.1 Å². The van der Waals surface area contributed by atoms with E-state index >= 15 is 0 Å². The maximum Gasteiger partial charge on any atom is 0.255 e. The topological polar surface area (TPSA) is 96.0 Å². The molecule has 0 radical (unpaired) electrons. The molecule has 1 heterocycles. The molecule has 0 fully saturated rings. The Morgan fingerprint density at radius 3 is 2.23 bits per heavy atom. The van der Waals surface area contributed by atoms with Crippen LogP contribution < -0.4 is 16.0 Å². The molecule has 0 saturated carbocycles. The van der Waals surface area contributed by atoms with Gasteiger partial charge in [-0.3, -0.25) is 9.59 Å². The summed E-state index contributed by atoms with van der Waals surface area (Å²) in [7, 11) is 0. The summed E-state index contributed by atoms with van der Waals surface area (Å²) in [6, 6.07) is 22.4. The molecule has 1 aromatic heterocycles. The van der Waals surface area contributed by atoms with Gasteiger partial charge in [-0.25, -0.2) is 9.97 Å². The summed E-state index contributed by atoms with van der Waals surface area (Å²) in [5.41, 5.74) is 6.33. The van der Waals surface area contributed by atoms with Crippen LogP contribution in [0.3, 0.4) is 0 Å². The first-order chi connectivity index (χ1) is 18.7. The molecule has 7 heteroatoms. The van der Waals surface area contributed by atoms with Gasteiger partial charge in [-0.15, -0.1) is 6.58 Å². The van der Waals surface area contributed by atoms with Crippen LogP contribution in [0.15, 0.2) is 91.6 Å². The largest absolute Gasteiger partial charge is 0.349 e. The van der Waals surface area contributed by atoms with E-state index in [4.69, 9.17) is 0 Å². The highest BCUT2D eigenvalue weighted by Gasteiger charge is 2.16. The van der Waals surface area contributed by atoms with E-state index in [0.29, 0.717) is 23.6 Å². The van der Waals surface area contributed by atoms with Crippen LogP contribution in [0.25, 0.3) is 11.3 Å². The second-order valence-electron chi connectivity index (χ2n) is 10.2. The zero-order valence-corrected chi connectivity index (χ0v) is 22.7. The van der Waals surface area contributed by atoms with Crippen LogP contribution in [-0.2, 0) is 5.41 Å². The molecule has 0 bridgehead atoms. The fourth-order valence-corrected chi connectivity index (χ4v) is 4.03. The quantitative estimate of drug-likeness (QED) is 0.226. The standard InChI is InChI=1S/C32H33N5O2/c1-6-19-33-29(38)22-12-16-25(17-13-22)35-31-34-20-18-28(37-31)26-8-7-9-27(21(26)2)36-30(39)23-10-14-24(15-11-23)32(3,4)5/h6-18,20H,1,19H2,2-5H3,(H,33,38)(H,36,39)(H,34,35,37). The molecule has 0 aliphatic heterocycles. The molecule has 198 valence electrons. The van der Waals surface area contributed by atoms with Crippen LogP contribution in [0, 0.1) is 6.92 Å². The Bertz CT molecular complexity index is 1490. The molecule has 0 spiro atoms. The second kappa shape index (κ2) is 11.7. The SMILES string of the molecule is C=CCNC(=O)c1ccc(Nc2nccc(-c3cccc(NC(=O)c4ccc(C(C)(C)C)cc4)c3C)n2)cc1. The third-order valence-corrected chi connectivity index (χ3v) is 6.34. The minimum atomic E-state index is -0.164. The van der Waals surface area contributed by atoms with Crippen LogP contribution in [0.5, 0.6) is 0 Å². The van der Waals surface area contributed by atoms with Crippen molar-refractivity contribution in [3.63, 3.8) is 0 Å². The first-order valence-corrected chi connectivity index (χ1v) is 12.8. The van der Waals surface area contributed by atoms with Crippen LogP contribution in [0.4, 0.5) is 17.3 Å². The highest BCUT2D eigenvalue weighted by molar-refractivity contribution is 6.05. The summed E-state index contributed by atoms with van der Waals surface area (Å²) in [4.78, 5) is 34.1. The van der Waals surface area contributed by atoms with Crippen molar-refractivity contribution < 1.29 is 9.59 Å². The van der Waals surface area contributed by atoms with Crippen molar-refractivity contribution in [1.82, 2.24) is 15.3 Å². The van der Waals surface area contributed by atoms with Gasteiger partial charge < -0.3 is 16.0 Å². The number of anilines is 3. The maximum atomic E-state index is 13.0. The summed E-state index contributed by atoms with van der Waals surface area (Å²) in [6.07, 6.45) is 3.32. The molecule has 4 aromatic rings. The zero-order chi connectivity index (χ0) is 28.0. The minimum Gasteiger partial charge on any atom is -0.349 e. The molecular formula is C32H33N5O2. The normalized spacial score (nSPS) is 11.0. The van der Waals surface area contributed by atoms with Gasteiger partial charge in [-0.1, -0.05) is 51.1 Å². The van der Waals surface area contributed by atoms with Crippen molar-refractivity contribution in [3.8, 4) is 11.3 Å². The smallest absolute Gasteiger partial charge is 0.255 e. The lowest BCUT2D eigenvalue weighted by Gasteiger charge is -2.19. The Labute approximate surface area is 229 Å². The fraction of sp³-hybridized carbons (Fsp3) is 0.188. The highest BCUT2D eigenvalue weighted by atomic mass is 16.2. The molecular weight excluding hydrogens is 486 g/mol. The molecule has 0 aliphatic rings. The third kappa shape index (κ3) is 6.76. The van der Waals surface area contributed by atoms with E-state index in [0.717, 1.165) is 28.2 Å². The van der Waals surface area contributed by atoms with Gasteiger partial charge in [0.05, 0.1) is 5.69 Å². The molecule has 0 atom stereocenters. The van der Waals surface area contributed by atoms with Gasteiger partial charge in [-0.05, 0) is 72.0 Å². The van der Waals surface area contributed by atoms with Gasteiger partial charge in [0.2, 0.25) is 5.95 Å². The average Bonchev–Trinajstić information content (AvgIpc) is 2.93. The maximum absolute atomic E-state index is 13.0. The van der Waals surface area contributed by atoms with E-state index in [9.17, 15) is 9.59 Å². The fourth-order valence-electron chi connectivity index (χ4n) is 4.03. The average molecular weight is 520 g/mol. The number of benzene rings is 3. The highest BCUT2D eigenvalue weighted by Crippen LogP contribution is 2.29. The molecule has 7 nitrogen and oxygen atoms in total. The van der Waals surface area contributed by atoms with Gasteiger partial charge >= 0.3 is 0 Å². The van der Waals surface area contributed by atoms with Gasteiger partial charge in [0, 0.05) is 40.8 Å². The molecule has 0 saturated heterocycles. The van der Waals surface area contributed by atoms with Gasteiger partial charge in [0.25, 0.3) is 11.8 Å². The van der Waals surface area contributed by atoms with Crippen LogP contribution in [-0.4, -0.2) is 28.3 Å². The van der Waals surface area contributed by atoms with E-state index in [-0.39, 0.29) is 17.2 Å². The Kier molecular flexibility index (Phi) is 8.20. The lowest BCUT2D eigenvalue weighted by atomic mass is 9.86. The summed E-state index contributed by atoms with van der Waals surface area (Å²) in [5, 5.41) is 8.98. The van der Waals surface area contributed by atoms with Crippen molar-refractivity contribution >= 4 is 29.1 Å². The van der Waals surface area contributed by atoms with Gasteiger partial charge in [-0.2, -0.15) is 0 Å². The number of hydrogen-bond acceptors (Lipinski definition) is 5. The number of carbonyl (C=O) groups excluding carboxylic acids is 2.